The highest BCUT2D eigenvalue weighted by Crippen LogP contribution is 2.40. The van der Waals surface area contributed by atoms with Gasteiger partial charge in [-0.15, -0.1) is 0 Å². The number of hydrogen-bond acceptors (Lipinski definition) is 13. The molecular weight excluding hydrogens is 1100 g/mol. The number of carbonyl (C=O) groups excluding carboxylic acids is 2. The second-order valence-corrected chi connectivity index (χ2v) is 24.4. The van der Waals surface area contributed by atoms with Gasteiger partial charge in [0.2, 0.25) is 5.91 Å². The number of rotatable bonds is 8. The van der Waals surface area contributed by atoms with Gasteiger partial charge in [-0.1, -0.05) is 72.1 Å². The second-order valence-electron chi connectivity index (χ2n) is 22.6. The quantitative estimate of drug-likeness (QED) is 0.0705. The van der Waals surface area contributed by atoms with Crippen LogP contribution in [0.4, 0.5) is 11.4 Å². The summed E-state index contributed by atoms with van der Waals surface area (Å²) in [5.41, 5.74) is 7.95. The van der Waals surface area contributed by atoms with Crippen molar-refractivity contribution >= 4 is 113 Å². The van der Waals surface area contributed by atoms with Crippen molar-refractivity contribution in [2.75, 3.05) is 76.3 Å². The SMILES string of the molecule is CNC(=O)CN1CCN(c2cc(Cl)cc3[nH]ncc23)CC1(C)C.COC(=O)CN1CCN(c2cc(Cl)cc3[nH]ncc23)CC1(C)C.O[C@@H]1CCCC[C@@H]1c1cc(Cl)cc2[nH]ncc12.O[C@H]1CCCC[C@@H]1c1cc(Cl)cc2[nH]ncc12. The van der Waals surface area contributed by atoms with Gasteiger partial charge in [0, 0.05) is 122 Å². The van der Waals surface area contributed by atoms with E-state index in [1.807, 2.05) is 73.3 Å². The van der Waals surface area contributed by atoms with Gasteiger partial charge in [-0.05, 0) is 113 Å². The molecule has 4 atom stereocenters. The van der Waals surface area contributed by atoms with Crippen LogP contribution in [0.1, 0.15) is 102 Å². The van der Waals surface area contributed by atoms with E-state index in [2.05, 4.69) is 93.4 Å². The zero-order valence-corrected chi connectivity index (χ0v) is 49.3. The Hall–Kier alpha value is -5.70. The average molecular weight is 1170 g/mol. The Balaban J connectivity index is 0.000000130. The van der Waals surface area contributed by atoms with Gasteiger partial charge in [-0.25, -0.2) is 0 Å². The van der Waals surface area contributed by atoms with E-state index in [0.29, 0.717) is 33.2 Å². The minimum absolute atomic E-state index is 0.0477. The third kappa shape index (κ3) is 13.6. The van der Waals surface area contributed by atoms with E-state index in [1.165, 1.54) is 20.0 Å². The van der Waals surface area contributed by atoms with Crippen LogP contribution in [-0.2, 0) is 14.3 Å². The number of hydrogen-bond donors (Lipinski definition) is 7. The number of ether oxygens (including phenoxy) is 1. The lowest BCUT2D eigenvalue weighted by Crippen LogP contribution is -2.61. The van der Waals surface area contributed by atoms with E-state index in [9.17, 15) is 19.8 Å². The molecule has 80 heavy (non-hydrogen) atoms. The summed E-state index contributed by atoms with van der Waals surface area (Å²) in [4.78, 5) is 32.3. The van der Waals surface area contributed by atoms with Crippen molar-refractivity contribution in [2.45, 2.75) is 114 Å². The molecule has 2 saturated carbocycles. The molecule has 2 aliphatic carbocycles. The summed E-state index contributed by atoms with van der Waals surface area (Å²) in [5.74, 6) is 0.239. The van der Waals surface area contributed by atoms with Crippen molar-refractivity contribution < 1.29 is 24.5 Å². The average Bonchev–Trinajstić information content (AvgIpc) is 4.37. The van der Waals surface area contributed by atoms with E-state index in [1.54, 1.807) is 7.05 Å². The maximum Gasteiger partial charge on any atom is 0.319 e. The molecule has 6 heterocycles. The summed E-state index contributed by atoms with van der Waals surface area (Å²) < 4.78 is 4.80. The molecule has 0 bridgehead atoms. The monoisotopic (exact) mass is 1170 g/mol. The molecule has 0 unspecified atom stereocenters. The highest BCUT2D eigenvalue weighted by Gasteiger charge is 2.37. The number of amides is 1. The third-order valence-corrected chi connectivity index (χ3v) is 17.2. The number of aromatic amines is 4. The number of fused-ring (bicyclic) bond motifs is 4. The van der Waals surface area contributed by atoms with Crippen molar-refractivity contribution in [1.29, 1.82) is 0 Å². The Morgan fingerprint density at radius 2 is 0.925 bits per heavy atom. The number of halogens is 4. The van der Waals surface area contributed by atoms with Gasteiger partial charge in [-0.3, -0.25) is 39.8 Å². The summed E-state index contributed by atoms with van der Waals surface area (Å²) in [6.45, 7) is 14.2. The van der Waals surface area contributed by atoms with Gasteiger partial charge >= 0.3 is 5.97 Å². The Morgan fingerprint density at radius 3 is 1.30 bits per heavy atom. The molecule has 7 N–H and O–H groups in total. The van der Waals surface area contributed by atoms with Gasteiger partial charge in [0.05, 0.1) is 79.3 Å². The maximum atomic E-state index is 11.7. The zero-order chi connectivity index (χ0) is 56.9. The number of likely N-dealkylation sites (N-methyl/N-ethyl adjacent to an activating group) is 1. The molecule has 0 radical (unpaired) electrons. The number of anilines is 2. The number of aromatic nitrogens is 8. The molecule has 18 nitrogen and oxygen atoms in total. The first-order valence-corrected chi connectivity index (χ1v) is 29.0. The normalized spacial score (nSPS) is 21.3. The number of nitrogens with zero attached hydrogens (tertiary/aromatic N) is 8. The van der Waals surface area contributed by atoms with Gasteiger partial charge in [0.15, 0.2) is 0 Å². The molecule has 4 aromatic carbocycles. The molecule has 8 aromatic rings. The van der Waals surface area contributed by atoms with E-state index in [4.69, 9.17) is 51.1 Å². The number of benzene rings is 4. The van der Waals surface area contributed by atoms with E-state index in [-0.39, 0.29) is 47.0 Å². The zero-order valence-electron chi connectivity index (χ0n) is 46.3. The number of aliphatic hydroxyl groups is 2. The van der Waals surface area contributed by atoms with Crippen molar-refractivity contribution in [2.24, 2.45) is 0 Å². The highest BCUT2D eigenvalue weighted by atomic mass is 35.5. The van der Waals surface area contributed by atoms with Crippen LogP contribution in [0.15, 0.2) is 73.3 Å². The maximum absolute atomic E-state index is 11.7. The Morgan fingerprint density at radius 1 is 0.562 bits per heavy atom. The number of methoxy groups -OCH3 is 1. The van der Waals surface area contributed by atoms with Gasteiger partial charge < -0.3 is 30.1 Å². The molecule has 4 aromatic heterocycles. The fraction of sp³-hybridized carbons (Fsp3) is 0.483. The predicted molar refractivity (Wildman–Crippen MR) is 321 cm³/mol. The molecule has 0 spiro atoms. The van der Waals surface area contributed by atoms with Crippen molar-refractivity contribution in [3.63, 3.8) is 0 Å². The first-order valence-electron chi connectivity index (χ1n) is 27.5. The number of H-pyrrole nitrogens is 4. The van der Waals surface area contributed by atoms with Crippen LogP contribution in [0, 0.1) is 0 Å². The van der Waals surface area contributed by atoms with Crippen LogP contribution in [0.3, 0.4) is 0 Å². The summed E-state index contributed by atoms with van der Waals surface area (Å²) in [6.07, 6.45) is 15.2. The molecule has 2 aliphatic heterocycles. The summed E-state index contributed by atoms with van der Waals surface area (Å²) in [6, 6.07) is 15.4. The Kier molecular flexibility index (Phi) is 18.9. The largest absolute Gasteiger partial charge is 0.468 e. The second kappa shape index (κ2) is 25.6. The molecule has 1 amide bonds. The highest BCUT2D eigenvalue weighted by molar-refractivity contribution is 6.33. The van der Waals surface area contributed by atoms with Gasteiger partial charge in [0.25, 0.3) is 0 Å². The fourth-order valence-corrected chi connectivity index (χ4v) is 12.9. The van der Waals surface area contributed by atoms with Crippen LogP contribution in [0.25, 0.3) is 43.6 Å². The predicted octanol–water partition coefficient (Wildman–Crippen LogP) is 10.6. The number of aliphatic hydroxyl groups excluding tert-OH is 2. The fourth-order valence-electron chi connectivity index (χ4n) is 12.0. The van der Waals surface area contributed by atoms with Gasteiger partial charge in [-0.2, -0.15) is 20.4 Å². The summed E-state index contributed by atoms with van der Waals surface area (Å²) >= 11 is 24.7. The molecule has 428 valence electrons. The van der Waals surface area contributed by atoms with Crippen molar-refractivity contribution in [3.8, 4) is 0 Å². The molecular formula is C58H73Cl4N13O5. The first-order chi connectivity index (χ1) is 38.3. The van der Waals surface area contributed by atoms with Crippen LogP contribution < -0.4 is 15.1 Å². The molecule has 2 saturated heterocycles. The molecule has 4 fully saturated rings. The van der Waals surface area contributed by atoms with Crippen molar-refractivity contribution in [3.05, 3.63) is 105 Å². The Labute approximate surface area is 486 Å². The van der Waals surface area contributed by atoms with E-state index >= 15 is 0 Å². The van der Waals surface area contributed by atoms with E-state index < -0.39 is 0 Å². The summed E-state index contributed by atoms with van der Waals surface area (Å²) in [5, 5.41) is 58.2. The number of esters is 1. The van der Waals surface area contributed by atoms with Crippen LogP contribution in [0.2, 0.25) is 20.1 Å². The number of piperazine rings is 2. The first kappa shape index (κ1) is 58.9. The molecule has 12 rings (SSSR count). The van der Waals surface area contributed by atoms with Crippen LogP contribution in [0.5, 0.6) is 0 Å². The topological polar surface area (TPSA) is 224 Å². The lowest BCUT2D eigenvalue weighted by atomic mass is 9.80. The third-order valence-electron chi connectivity index (χ3n) is 16.4. The van der Waals surface area contributed by atoms with Crippen molar-refractivity contribution in [1.82, 2.24) is 55.9 Å². The smallest absolute Gasteiger partial charge is 0.319 e. The minimum Gasteiger partial charge on any atom is -0.468 e. The number of carbonyl (C=O) groups is 2. The number of nitrogens with one attached hydrogen (secondary N) is 5. The molecule has 4 aliphatic rings. The van der Waals surface area contributed by atoms with Crippen LogP contribution in [-0.4, -0.2) is 162 Å². The van der Waals surface area contributed by atoms with E-state index in [0.717, 1.165) is 144 Å². The molecule has 22 heteroatoms. The lowest BCUT2D eigenvalue weighted by molar-refractivity contribution is -0.143. The minimum atomic E-state index is -0.250. The standard InChI is InChI=1S/C16H22ClN5O.C16H21ClN4O2.2C13H15ClN2O/c1-16(2)10-21(4-5-22(16)9-15(23)18-3)14-7-11(17)6-13-12(14)8-19-20-13;1-16(2)10-20(4-5-21(16)9-15(22)23-3)14-7-11(17)6-13-12(14)8-18-19-13;2*14-8-5-10(9-3-1-2-4-13(9)17)11-7-15-16-12(11)6-8/h6-8H,4-5,9-10H2,1-3H3,(H,18,23)(H,19,20);6-8H,4-5,9-10H2,1-3H3,(H,18,19);2*5-7,9,13,17H,1-4H2,(H,15,16)/t;;9-,13+;9-,13-/m..11/s1. The Bertz CT molecular complexity index is 3190. The lowest BCUT2D eigenvalue weighted by Gasteiger charge is -2.47. The van der Waals surface area contributed by atoms with Crippen LogP contribution >= 0.6 is 46.4 Å². The summed E-state index contributed by atoms with van der Waals surface area (Å²) in [7, 11) is 3.10. The van der Waals surface area contributed by atoms with Gasteiger partial charge in [0.1, 0.15) is 0 Å².